The summed E-state index contributed by atoms with van der Waals surface area (Å²) in [6, 6.07) is 0. The van der Waals surface area contributed by atoms with E-state index in [1.54, 1.807) is 0 Å². The summed E-state index contributed by atoms with van der Waals surface area (Å²) in [5.41, 5.74) is -0.194. The van der Waals surface area contributed by atoms with Crippen LogP contribution >= 0.6 is 0 Å². The summed E-state index contributed by atoms with van der Waals surface area (Å²) < 4.78 is 0. The van der Waals surface area contributed by atoms with Gasteiger partial charge in [-0.3, -0.25) is 0 Å². The van der Waals surface area contributed by atoms with E-state index >= 15 is 0 Å². The third-order valence-electron chi connectivity index (χ3n) is 2.85. The van der Waals surface area contributed by atoms with Gasteiger partial charge in [-0.2, -0.15) is 0 Å². The molecular weight excluding hydrogens is 200 g/mol. The monoisotopic (exact) mass is 230 g/mol. The van der Waals surface area contributed by atoms with Crippen molar-refractivity contribution in [2.75, 3.05) is 6.61 Å². The molecule has 0 bridgehead atoms. The predicted molar refractivity (Wildman–Crippen MR) is 69.3 cm³/mol. The van der Waals surface area contributed by atoms with Gasteiger partial charge in [0.25, 0.3) is 0 Å². The van der Waals surface area contributed by atoms with E-state index in [-0.39, 0.29) is 5.60 Å². The molecule has 0 aliphatic rings. The van der Waals surface area contributed by atoms with Crippen LogP contribution in [0.15, 0.2) is 0 Å². The fourth-order valence-electron chi connectivity index (χ4n) is 1.39. The molecule has 0 rings (SSSR count). The van der Waals surface area contributed by atoms with Gasteiger partial charge in [-0.1, -0.05) is 40.0 Å². The zero-order valence-electron chi connectivity index (χ0n) is 12.0. The molecule has 0 saturated carbocycles. The van der Waals surface area contributed by atoms with Crippen LogP contribution in [-0.2, 0) is 9.78 Å². The lowest BCUT2D eigenvalue weighted by atomic mass is 9.95. The van der Waals surface area contributed by atoms with Crippen molar-refractivity contribution in [3.63, 3.8) is 0 Å². The first kappa shape index (κ1) is 15.9. The lowest BCUT2D eigenvalue weighted by molar-refractivity contribution is -0.349. The first-order valence-corrected chi connectivity index (χ1v) is 6.65. The highest BCUT2D eigenvalue weighted by Gasteiger charge is 2.12. The molecule has 2 unspecified atom stereocenters. The van der Waals surface area contributed by atoms with Gasteiger partial charge in [0.05, 0.1) is 12.2 Å². The van der Waals surface area contributed by atoms with Crippen LogP contribution in [0, 0.1) is 11.8 Å². The molecule has 2 nitrogen and oxygen atoms in total. The summed E-state index contributed by atoms with van der Waals surface area (Å²) in [4.78, 5) is 10.4. The molecule has 0 spiro atoms. The third-order valence-corrected chi connectivity index (χ3v) is 2.85. The smallest absolute Gasteiger partial charge is 0.0952 e. The Hall–Kier alpha value is -0.0800. The van der Waals surface area contributed by atoms with Crippen LogP contribution in [0.1, 0.15) is 67.2 Å². The van der Waals surface area contributed by atoms with Crippen LogP contribution < -0.4 is 0 Å². The Balaban J connectivity index is 3.40. The lowest BCUT2D eigenvalue weighted by Crippen LogP contribution is -2.20. The standard InChI is InChI=1S/C14H30O2/c1-7-12(2)8-9-13(3)10-11-15-16-14(4,5)6/h12-13H,7-11H2,1-6H3. The summed E-state index contributed by atoms with van der Waals surface area (Å²) in [6.07, 6.45) is 5.01. The minimum absolute atomic E-state index is 0.194. The molecule has 0 fully saturated rings. The van der Waals surface area contributed by atoms with Gasteiger partial charge in [0, 0.05) is 0 Å². The molecule has 0 N–H and O–H groups in total. The number of hydrogen-bond donors (Lipinski definition) is 0. The summed E-state index contributed by atoms with van der Waals surface area (Å²) in [7, 11) is 0. The van der Waals surface area contributed by atoms with Crippen LogP contribution in [0.3, 0.4) is 0 Å². The maximum absolute atomic E-state index is 5.23. The first-order valence-electron chi connectivity index (χ1n) is 6.65. The van der Waals surface area contributed by atoms with Crippen molar-refractivity contribution in [3.05, 3.63) is 0 Å². The van der Waals surface area contributed by atoms with Gasteiger partial charge in [-0.05, 0) is 39.0 Å². The number of hydrogen-bond acceptors (Lipinski definition) is 2. The van der Waals surface area contributed by atoms with Crippen molar-refractivity contribution in [2.24, 2.45) is 11.8 Å². The highest BCUT2D eigenvalue weighted by atomic mass is 17.2. The summed E-state index contributed by atoms with van der Waals surface area (Å²) in [5.74, 6) is 1.59. The Morgan fingerprint density at radius 3 is 2.00 bits per heavy atom. The van der Waals surface area contributed by atoms with Gasteiger partial charge >= 0.3 is 0 Å². The average molecular weight is 230 g/mol. The molecule has 16 heavy (non-hydrogen) atoms. The molecule has 0 aliphatic heterocycles. The van der Waals surface area contributed by atoms with Crippen LogP contribution in [0.25, 0.3) is 0 Å². The second kappa shape index (κ2) is 8.08. The summed E-state index contributed by atoms with van der Waals surface area (Å²) >= 11 is 0. The van der Waals surface area contributed by atoms with Crippen LogP contribution in [0.4, 0.5) is 0 Å². The second-order valence-corrected chi connectivity index (χ2v) is 6.00. The molecule has 0 aliphatic carbocycles. The fourth-order valence-corrected chi connectivity index (χ4v) is 1.39. The minimum Gasteiger partial charge on any atom is -0.236 e. The normalized spacial score (nSPS) is 16.1. The molecule has 0 saturated heterocycles. The van der Waals surface area contributed by atoms with Crippen molar-refractivity contribution in [1.82, 2.24) is 0 Å². The van der Waals surface area contributed by atoms with E-state index < -0.39 is 0 Å². The van der Waals surface area contributed by atoms with Gasteiger partial charge in [0.1, 0.15) is 0 Å². The Morgan fingerprint density at radius 2 is 1.50 bits per heavy atom. The van der Waals surface area contributed by atoms with E-state index in [9.17, 15) is 0 Å². The Bertz CT molecular complexity index is 161. The van der Waals surface area contributed by atoms with Crippen molar-refractivity contribution < 1.29 is 9.78 Å². The van der Waals surface area contributed by atoms with Crippen LogP contribution in [-0.4, -0.2) is 12.2 Å². The predicted octanol–water partition coefficient (Wildman–Crippen LogP) is 4.59. The highest BCUT2D eigenvalue weighted by molar-refractivity contribution is 4.57. The van der Waals surface area contributed by atoms with Crippen molar-refractivity contribution in [1.29, 1.82) is 0 Å². The molecule has 0 heterocycles. The highest BCUT2D eigenvalue weighted by Crippen LogP contribution is 2.17. The third kappa shape index (κ3) is 10.4. The SMILES string of the molecule is CCC(C)CCC(C)CCOOC(C)(C)C. The number of rotatable bonds is 8. The summed E-state index contributed by atoms with van der Waals surface area (Å²) in [6.45, 7) is 13.6. The fraction of sp³-hybridized carbons (Fsp3) is 1.00. The lowest BCUT2D eigenvalue weighted by Gasteiger charge is -2.19. The zero-order valence-corrected chi connectivity index (χ0v) is 12.0. The molecule has 0 aromatic carbocycles. The molecule has 0 amide bonds. The maximum atomic E-state index is 5.23. The van der Waals surface area contributed by atoms with Gasteiger partial charge in [-0.25, -0.2) is 9.78 Å². The maximum Gasteiger partial charge on any atom is 0.0952 e. The Kier molecular flexibility index (Phi) is 8.04. The van der Waals surface area contributed by atoms with E-state index in [1.807, 2.05) is 20.8 Å². The van der Waals surface area contributed by atoms with E-state index in [1.165, 1.54) is 19.3 Å². The molecule has 2 heteroatoms. The molecule has 0 radical (unpaired) electrons. The van der Waals surface area contributed by atoms with Gasteiger partial charge in [-0.15, -0.1) is 0 Å². The first-order chi connectivity index (χ1) is 7.35. The quantitative estimate of drug-likeness (QED) is 0.345. The van der Waals surface area contributed by atoms with Crippen molar-refractivity contribution in [2.45, 2.75) is 72.8 Å². The van der Waals surface area contributed by atoms with Crippen molar-refractivity contribution in [3.8, 4) is 0 Å². The topological polar surface area (TPSA) is 18.5 Å². The van der Waals surface area contributed by atoms with E-state index in [0.717, 1.165) is 18.3 Å². The van der Waals surface area contributed by atoms with E-state index in [4.69, 9.17) is 9.78 Å². The van der Waals surface area contributed by atoms with Gasteiger partial charge in [0.15, 0.2) is 0 Å². The molecule has 2 atom stereocenters. The average Bonchev–Trinajstić information content (AvgIpc) is 2.19. The Morgan fingerprint density at radius 1 is 0.938 bits per heavy atom. The second-order valence-electron chi connectivity index (χ2n) is 6.00. The zero-order chi connectivity index (χ0) is 12.6. The molecular formula is C14H30O2. The van der Waals surface area contributed by atoms with Crippen molar-refractivity contribution >= 4 is 0 Å². The van der Waals surface area contributed by atoms with E-state index in [0.29, 0.717) is 6.61 Å². The van der Waals surface area contributed by atoms with Gasteiger partial charge in [0.2, 0.25) is 0 Å². The van der Waals surface area contributed by atoms with E-state index in [2.05, 4.69) is 20.8 Å². The Labute approximate surface area is 102 Å². The van der Waals surface area contributed by atoms with Gasteiger partial charge < -0.3 is 0 Å². The van der Waals surface area contributed by atoms with Crippen LogP contribution in [0.2, 0.25) is 0 Å². The molecule has 98 valence electrons. The largest absolute Gasteiger partial charge is 0.236 e. The van der Waals surface area contributed by atoms with Crippen LogP contribution in [0.5, 0.6) is 0 Å². The minimum atomic E-state index is -0.194. The summed E-state index contributed by atoms with van der Waals surface area (Å²) in [5, 5.41) is 0. The molecule has 0 aromatic heterocycles. The molecule has 0 aromatic rings.